The van der Waals surface area contributed by atoms with E-state index in [0.29, 0.717) is 11.7 Å². The molecule has 1 heterocycles. The molecule has 3 aromatic rings. The van der Waals surface area contributed by atoms with Crippen molar-refractivity contribution in [3.8, 4) is 11.4 Å². The smallest absolute Gasteiger partial charge is 0.233 e. The van der Waals surface area contributed by atoms with Crippen molar-refractivity contribution in [3.63, 3.8) is 0 Å². The number of hydrogen-bond acceptors (Lipinski definition) is 6. The summed E-state index contributed by atoms with van der Waals surface area (Å²) in [4.78, 5) is 14.2. The Bertz CT molecular complexity index is 955. The zero-order chi connectivity index (χ0) is 20.1. The fourth-order valence-electron chi connectivity index (χ4n) is 2.79. The second-order valence-electron chi connectivity index (χ2n) is 6.55. The van der Waals surface area contributed by atoms with Crippen molar-refractivity contribution >= 4 is 17.7 Å². The van der Waals surface area contributed by atoms with Crippen molar-refractivity contribution in [3.05, 3.63) is 59.2 Å². The lowest BCUT2D eigenvalue weighted by Gasteiger charge is -2.17. The summed E-state index contributed by atoms with van der Waals surface area (Å²) >= 11 is 1.33. The lowest BCUT2D eigenvalue weighted by Crippen LogP contribution is -2.27. The topological polar surface area (TPSA) is 73.1 Å². The zero-order valence-corrected chi connectivity index (χ0v) is 17.2. The van der Waals surface area contributed by atoms with Crippen LogP contribution in [-0.4, -0.2) is 50.9 Å². The molecule has 0 unspecified atom stereocenters. The Morgan fingerprint density at radius 1 is 1.18 bits per heavy atom. The molecular weight excluding hydrogens is 374 g/mol. The third-order valence-corrected chi connectivity index (χ3v) is 5.25. The average molecular weight is 398 g/mol. The molecule has 0 radical (unpaired) electrons. The Balaban J connectivity index is 1.62. The molecule has 0 aliphatic rings. The predicted octanol–water partition coefficient (Wildman–Crippen LogP) is 3.04. The first-order chi connectivity index (χ1) is 13.5. The van der Waals surface area contributed by atoms with E-state index in [1.807, 2.05) is 50.2 Å². The normalized spacial score (nSPS) is 10.7. The number of rotatable bonds is 7. The monoisotopic (exact) mass is 397 g/mol. The molecule has 28 heavy (non-hydrogen) atoms. The van der Waals surface area contributed by atoms with E-state index in [0.717, 1.165) is 22.6 Å². The molecule has 1 aromatic heterocycles. The van der Waals surface area contributed by atoms with Crippen molar-refractivity contribution in [1.82, 2.24) is 25.1 Å². The van der Waals surface area contributed by atoms with E-state index in [1.54, 1.807) is 23.7 Å². The van der Waals surface area contributed by atoms with E-state index in [4.69, 9.17) is 4.74 Å². The fraction of sp³-hybridized carbons (Fsp3) is 0.300. The van der Waals surface area contributed by atoms with Crippen LogP contribution in [0.1, 0.15) is 16.7 Å². The Morgan fingerprint density at radius 3 is 2.61 bits per heavy atom. The minimum absolute atomic E-state index is 0.0102. The molecule has 0 atom stereocenters. The van der Waals surface area contributed by atoms with Crippen molar-refractivity contribution < 1.29 is 9.53 Å². The van der Waals surface area contributed by atoms with Crippen molar-refractivity contribution in [2.24, 2.45) is 0 Å². The van der Waals surface area contributed by atoms with Crippen LogP contribution in [0.3, 0.4) is 0 Å². The largest absolute Gasteiger partial charge is 0.497 e. The molecule has 1 amide bonds. The van der Waals surface area contributed by atoms with Crippen LogP contribution in [0.5, 0.6) is 5.75 Å². The van der Waals surface area contributed by atoms with Gasteiger partial charge in [-0.3, -0.25) is 4.79 Å². The molecule has 0 N–H and O–H groups in total. The summed E-state index contributed by atoms with van der Waals surface area (Å²) in [5.74, 6) is 1.07. The summed E-state index contributed by atoms with van der Waals surface area (Å²) in [6.07, 6.45) is 0. The second-order valence-corrected chi connectivity index (χ2v) is 7.49. The van der Waals surface area contributed by atoms with Crippen LogP contribution in [0.2, 0.25) is 0 Å². The van der Waals surface area contributed by atoms with E-state index >= 15 is 0 Å². The van der Waals surface area contributed by atoms with Gasteiger partial charge in [0, 0.05) is 13.6 Å². The van der Waals surface area contributed by atoms with Gasteiger partial charge in [-0.1, -0.05) is 41.6 Å². The lowest BCUT2D eigenvalue weighted by atomic mass is 10.1. The second kappa shape index (κ2) is 8.88. The Morgan fingerprint density at radius 2 is 1.93 bits per heavy atom. The van der Waals surface area contributed by atoms with Gasteiger partial charge >= 0.3 is 0 Å². The van der Waals surface area contributed by atoms with Gasteiger partial charge in [-0.2, -0.15) is 4.68 Å². The summed E-state index contributed by atoms with van der Waals surface area (Å²) in [5, 5.41) is 12.5. The average Bonchev–Trinajstić information content (AvgIpc) is 3.15. The highest BCUT2D eigenvalue weighted by atomic mass is 32.2. The number of ether oxygens (including phenoxy) is 1. The maximum atomic E-state index is 12.5. The van der Waals surface area contributed by atoms with Gasteiger partial charge in [0.2, 0.25) is 11.1 Å². The molecule has 0 bridgehead atoms. The summed E-state index contributed by atoms with van der Waals surface area (Å²) in [6, 6.07) is 13.8. The SMILES string of the molecule is COc1ccc(CN(C)C(=O)CSc2nnnn2-c2ccc(C)cc2C)cc1. The first kappa shape index (κ1) is 19.9. The molecule has 0 aliphatic carbocycles. The van der Waals surface area contributed by atoms with Crippen LogP contribution < -0.4 is 4.74 Å². The fourth-order valence-corrected chi connectivity index (χ4v) is 3.62. The third-order valence-electron chi connectivity index (χ3n) is 4.35. The number of aryl methyl sites for hydroxylation is 2. The number of thioether (sulfide) groups is 1. The highest BCUT2D eigenvalue weighted by Gasteiger charge is 2.15. The lowest BCUT2D eigenvalue weighted by molar-refractivity contribution is -0.127. The number of methoxy groups -OCH3 is 1. The van der Waals surface area contributed by atoms with Gasteiger partial charge in [-0.05, 0) is 53.6 Å². The molecule has 3 rings (SSSR count). The van der Waals surface area contributed by atoms with Crippen LogP contribution in [-0.2, 0) is 11.3 Å². The Labute approximate surface area is 168 Å². The van der Waals surface area contributed by atoms with Gasteiger partial charge in [0.05, 0.1) is 18.6 Å². The van der Waals surface area contributed by atoms with Crippen LogP contribution in [0.4, 0.5) is 0 Å². The molecule has 2 aromatic carbocycles. The zero-order valence-electron chi connectivity index (χ0n) is 16.4. The minimum atomic E-state index is 0.0102. The molecule has 0 fully saturated rings. The van der Waals surface area contributed by atoms with Gasteiger partial charge < -0.3 is 9.64 Å². The van der Waals surface area contributed by atoms with E-state index in [9.17, 15) is 4.79 Å². The number of amides is 1. The van der Waals surface area contributed by atoms with Crippen LogP contribution in [0, 0.1) is 13.8 Å². The summed E-state index contributed by atoms with van der Waals surface area (Å²) in [5.41, 5.74) is 4.22. The molecule has 7 nitrogen and oxygen atoms in total. The maximum absolute atomic E-state index is 12.5. The highest BCUT2D eigenvalue weighted by molar-refractivity contribution is 7.99. The third kappa shape index (κ3) is 4.69. The number of carbonyl (C=O) groups excluding carboxylic acids is 1. The van der Waals surface area contributed by atoms with Gasteiger partial charge in [0.1, 0.15) is 5.75 Å². The number of nitrogens with zero attached hydrogens (tertiary/aromatic N) is 5. The van der Waals surface area contributed by atoms with Gasteiger partial charge in [0.15, 0.2) is 0 Å². The quantitative estimate of drug-likeness (QED) is 0.571. The molecule has 146 valence electrons. The standard InChI is InChI=1S/C20H23N5O2S/c1-14-5-10-18(15(2)11-14)25-20(21-22-23-25)28-13-19(26)24(3)12-16-6-8-17(27-4)9-7-16/h5-11H,12-13H2,1-4H3. The van der Waals surface area contributed by atoms with Crippen molar-refractivity contribution in [2.75, 3.05) is 19.9 Å². The Kier molecular flexibility index (Phi) is 6.30. The molecule has 0 spiro atoms. The first-order valence-electron chi connectivity index (χ1n) is 8.83. The van der Waals surface area contributed by atoms with Crippen molar-refractivity contribution in [1.29, 1.82) is 0 Å². The summed E-state index contributed by atoms with van der Waals surface area (Å²) in [6.45, 7) is 4.60. The maximum Gasteiger partial charge on any atom is 0.233 e. The van der Waals surface area contributed by atoms with Gasteiger partial charge in [0.25, 0.3) is 0 Å². The first-order valence-corrected chi connectivity index (χ1v) is 9.82. The molecule has 8 heteroatoms. The number of carbonyl (C=O) groups is 1. The van der Waals surface area contributed by atoms with E-state index in [-0.39, 0.29) is 11.7 Å². The van der Waals surface area contributed by atoms with E-state index in [1.165, 1.54) is 17.3 Å². The number of benzene rings is 2. The number of tetrazole rings is 1. The van der Waals surface area contributed by atoms with Gasteiger partial charge in [-0.15, -0.1) is 5.10 Å². The summed E-state index contributed by atoms with van der Waals surface area (Å²) in [7, 11) is 3.42. The minimum Gasteiger partial charge on any atom is -0.497 e. The number of hydrogen-bond donors (Lipinski definition) is 0. The van der Waals surface area contributed by atoms with Crippen LogP contribution in [0.15, 0.2) is 47.6 Å². The van der Waals surface area contributed by atoms with Crippen LogP contribution in [0.25, 0.3) is 5.69 Å². The number of aromatic nitrogens is 4. The van der Waals surface area contributed by atoms with E-state index in [2.05, 4.69) is 21.6 Å². The van der Waals surface area contributed by atoms with Crippen LogP contribution >= 0.6 is 11.8 Å². The molecule has 0 saturated heterocycles. The highest BCUT2D eigenvalue weighted by Crippen LogP contribution is 2.22. The molecular formula is C20H23N5O2S. The molecule has 0 saturated carbocycles. The van der Waals surface area contributed by atoms with Crippen molar-refractivity contribution in [2.45, 2.75) is 25.5 Å². The summed E-state index contributed by atoms with van der Waals surface area (Å²) < 4.78 is 6.84. The molecule has 0 aliphatic heterocycles. The predicted molar refractivity (Wildman–Crippen MR) is 109 cm³/mol. The van der Waals surface area contributed by atoms with E-state index < -0.39 is 0 Å². The Hall–Kier alpha value is -2.87. The van der Waals surface area contributed by atoms with Gasteiger partial charge in [-0.25, -0.2) is 0 Å².